The number of rotatable bonds is 4. The van der Waals surface area contributed by atoms with E-state index in [-0.39, 0.29) is 5.91 Å². The number of hydrogen-bond acceptors (Lipinski definition) is 5. The second-order valence-corrected chi connectivity index (χ2v) is 6.34. The number of H-pyrrole nitrogens is 1. The monoisotopic (exact) mass is 384 g/mol. The Hall–Kier alpha value is -4.32. The third kappa shape index (κ3) is 3.46. The van der Waals surface area contributed by atoms with Gasteiger partial charge in [-0.25, -0.2) is 19.5 Å². The normalized spacial score (nSPS) is 10.5. The van der Waals surface area contributed by atoms with E-state index in [0.29, 0.717) is 34.2 Å². The summed E-state index contributed by atoms with van der Waals surface area (Å²) in [5, 5.41) is 14.2. The summed E-state index contributed by atoms with van der Waals surface area (Å²) in [4.78, 5) is 23.5. The van der Waals surface area contributed by atoms with Crippen LogP contribution in [0.3, 0.4) is 0 Å². The fourth-order valence-electron chi connectivity index (χ4n) is 2.98. The van der Waals surface area contributed by atoms with Gasteiger partial charge in [0, 0.05) is 30.9 Å². The van der Waals surface area contributed by atoms with Gasteiger partial charge in [-0.1, -0.05) is 24.3 Å². The van der Waals surface area contributed by atoms with Crippen molar-refractivity contribution in [2.45, 2.75) is 13.8 Å². The Balaban J connectivity index is 1.92. The van der Waals surface area contributed by atoms with Gasteiger partial charge in [0.2, 0.25) is 5.91 Å². The number of nitrogens with zero attached hydrogens (tertiary/aromatic N) is 6. The van der Waals surface area contributed by atoms with Crippen LogP contribution in [0.4, 0.5) is 11.5 Å². The molecule has 3 aromatic heterocycles. The van der Waals surface area contributed by atoms with Crippen LogP contribution >= 0.6 is 0 Å². The van der Waals surface area contributed by atoms with E-state index < -0.39 is 0 Å². The molecule has 29 heavy (non-hydrogen) atoms. The summed E-state index contributed by atoms with van der Waals surface area (Å²) in [5.41, 5.74) is 4.11. The molecule has 0 atom stereocenters. The van der Waals surface area contributed by atoms with E-state index in [9.17, 15) is 4.79 Å². The first-order valence-corrected chi connectivity index (χ1v) is 8.73. The third-order valence-electron chi connectivity index (χ3n) is 4.29. The standard InChI is InChI=1S/C20H16N8O/c1-12-9-22-18(25-13(2)29)8-17(12)28-10-15(20-23-11-24-26-20)19(27-28)14-6-4-5-7-16(14)21-3/h4-11H,1-2H3,(H,22,25,29)(H,23,24,26). The molecule has 0 aliphatic heterocycles. The van der Waals surface area contributed by atoms with Crippen molar-refractivity contribution in [3.8, 4) is 28.3 Å². The minimum atomic E-state index is -0.207. The van der Waals surface area contributed by atoms with E-state index in [1.54, 1.807) is 23.0 Å². The summed E-state index contributed by atoms with van der Waals surface area (Å²) in [6, 6.07) is 9.02. The molecule has 0 bridgehead atoms. The van der Waals surface area contributed by atoms with E-state index in [2.05, 4.69) is 30.3 Å². The van der Waals surface area contributed by atoms with Crippen LogP contribution in [0, 0.1) is 13.5 Å². The highest BCUT2D eigenvalue weighted by atomic mass is 16.1. The number of aromatic amines is 1. The molecule has 1 aromatic carbocycles. The van der Waals surface area contributed by atoms with Crippen molar-refractivity contribution in [1.29, 1.82) is 0 Å². The lowest BCUT2D eigenvalue weighted by atomic mass is 10.1. The fourth-order valence-corrected chi connectivity index (χ4v) is 2.98. The molecule has 4 aromatic rings. The molecule has 0 saturated heterocycles. The molecule has 0 spiro atoms. The molecule has 0 radical (unpaired) electrons. The average Bonchev–Trinajstić information content (AvgIpc) is 3.38. The SMILES string of the molecule is [C-]#[N+]c1ccccc1-c1nn(-c2cc(NC(C)=O)ncc2C)cc1-c1ncn[nH]1. The molecule has 9 heteroatoms. The van der Waals surface area contributed by atoms with Crippen LogP contribution in [0.1, 0.15) is 12.5 Å². The van der Waals surface area contributed by atoms with Gasteiger partial charge in [-0.2, -0.15) is 10.2 Å². The third-order valence-corrected chi connectivity index (χ3v) is 4.29. The number of aryl methyl sites for hydroxylation is 1. The molecular weight excluding hydrogens is 368 g/mol. The summed E-state index contributed by atoms with van der Waals surface area (Å²) in [5.74, 6) is 0.763. The summed E-state index contributed by atoms with van der Waals surface area (Å²) in [6.45, 7) is 10.8. The van der Waals surface area contributed by atoms with E-state index in [1.807, 2.05) is 31.3 Å². The number of pyridine rings is 1. The molecule has 3 heterocycles. The van der Waals surface area contributed by atoms with Crippen molar-refractivity contribution >= 4 is 17.4 Å². The number of carbonyl (C=O) groups is 1. The van der Waals surface area contributed by atoms with E-state index in [4.69, 9.17) is 11.7 Å². The van der Waals surface area contributed by atoms with Gasteiger partial charge in [-0.05, 0) is 12.5 Å². The maximum Gasteiger partial charge on any atom is 0.222 e. The lowest BCUT2D eigenvalue weighted by Crippen LogP contribution is -2.09. The molecule has 0 fully saturated rings. The Bertz CT molecular complexity index is 1230. The van der Waals surface area contributed by atoms with Crippen molar-refractivity contribution in [2.24, 2.45) is 0 Å². The van der Waals surface area contributed by atoms with E-state index in [0.717, 1.165) is 11.3 Å². The smallest absolute Gasteiger partial charge is 0.222 e. The minimum Gasteiger partial charge on any atom is -0.311 e. The Morgan fingerprint density at radius 3 is 2.79 bits per heavy atom. The summed E-state index contributed by atoms with van der Waals surface area (Å²) >= 11 is 0. The maximum absolute atomic E-state index is 11.4. The van der Waals surface area contributed by atoms with E-state index in [1.165, 1.54) is 13.3 Å². The van der Waals surface area contributed by atoms with Gasteiger partial charge >= 0.3 is 0 Å². The van der Waals surface area contributed by atoms with Crippen LogP contribution in [-0.4, -0.2) is 35.9 Å². The predicted octanol–water partition coefficient (Wildman–Crippen LogP) is 3.54. The van der Waals surface area contributed by atoms with Crippen LogP contribution in [0.15, 0.2) is 49.1 Å². The van der Waals surface area contributed by atoms with Gasteiger partial charge < -0.3 is 5.32 Å². The van der Waals surface area contributed by atoms with Crippen LogP contribution in [0.25, 0.3) is 33.2 Å². The molecule has 4 rings (SSSR count). The highest BCUT2D eigenvalue weighted by Crippen LogP contribution is 2.36. The molecule has 0 aliphatic carbocycles. The second kappa shape index (κ2) is 7.36. The maximum atomic E-state index is 11.4. The number of hydrogen-bond donors (Lipinski definition) is 2. The minimum absolute atomic E-state index is 0.207. The number of para-hydroxylation sites is 1. The number of anilines is 1. The number of nitrogens with one attached hydrogen (secondary N) is 2. The lowest BCUT2D eigenvalue weighted by Gasteiger charge is -2.08. The zero-order chi connectivity index (χ0) is 20.4. The molecule has 9 nitrogen and oxygen atoms in total. The van der Waals surface area contributed by atoms with Gasteiger partial charge in [0.1, 0.15) is 12.1 Å². The van der Waals surface area contributed by atoms with Gasteiger partial charge in [0.15, 0.2) is 11.5 Å². The topological polar surface area (TPSA) is 106 Å². The van der Waals surface area contributed by atoms with Gasteiger partial charge in [-0.3, -0.25) is 9.89 Å². The number of carbonyl (C=O) groups excluding carboxylic acids is 1. The van der Waals surface area contributed by atoms with E-state index >= 15 is 0 Å². The van der Waals surface area contributed by atoms with Crippen LogP contribution in [-0.2, 0) is 4.79 Å². The predicted molar refractivity (Wildman–Crippen MR) is 107 cm³/mol. The van der Waals surface area contributed by atoms with Gasteiger partial charge in [0.05, 0.1) is 23.5 Å². The van der Waals surface area contributed by atoms with Crippen molar-refractivity contribution < 1.29 is 4.79 Å². The van der Waals surface area contributed by atoms with Crippen molar-refractivity contribution in [3.05, 3.63) is 66.0 Å². The van der Waals surface area contributed by atoms with Crippen LogP contribution < -0.4 is 5.32 Å². The van der Waals surface area contributed by atoms with Crippen LogP contribution in [0.2, 0.25) is 0 Å². The quantitative estimate of drug-likeness (QED) is 0.524. The zero-order valence-electron chi connectivity index (χ0n) is 15.7. The molecule has 0 saturated carbocycles. The molecule has 0 aliphatic rings. The number of benzene rings is 1. The highest BCUT2D eigenvalue weighted by molar-refractivity contribution is 5.88. The second-order valence-electron chi connectivity index (χ2n) is 6.34. The first kappa shape index (κ1) is 18.1. The molecule has 2 N–H and O–H groups in total. The summed E-state index contributed by atoms with van der Waals surface area (Å²) < 4.78 is 1.69. The fraction of sp³-hybridized carbons (Fsp3) is 0.100. The van der Waals surface area contributed by atoms with Crippen molar-refractivity contribution in [2.75, 3.05) is 5.32 Å². The van der Waals surface area contributed by atoms with Crippen molar-refractivity contribution in [1.82, 2.24) is 29.9 Å². The Morgan fingerprint density at radius 2 is 2.07 bits per heavy atom. The summed E-state index contributed by atoms with van der Waals surface area (Å²) in [6.07, 6.45) is 4.91. The van der Waals surface area contributed by atoms with Gasteiger partial charge in [-0.15, -0.1) is 0 Å². The average molecular weight is 384 g/mol. The van der Waals surface area contributed by atoms with Crippen LogP contribution in [0.5, 0.6) is 0 Å². The molecule has 1 amide bonds. The number of amides is 1. The summed E-state index contributed by atoms with van der Waals surface area (Å²) in [7, 11) is 0. The number of aromatic nitrogens is 6. The highest BCUT2D eigenvalue weighted by Gasteiger charge is 2.19. The first-order chi connectivity index (χ1) is 14.1. The molecular formula is C20H16N8O. The Kier molecular flexibility index (Phi) is 4.58. The zero-order valence-corrected chi connectivity index (χ0v) is 15.7. The largest absolute Gasteiger partial charge is 0.311 e. The van der Waals surface area contributed by atoms with Crippen molar-refractivity contribution in [3.63, 3.8) is 0 Å². The first-order valence-electron chi connectivity index (χ1n) is 8.73. The lowest BCUT2D eigenvalue weighted by molar-refractivity contribution is -0.114. The Morgan fingerprint density at radius 1 is 1.24 bits per heavy atom. The molecule has 0 unspecified atom stereocenters. The molecule has 142 valence electrons. The van der Waals surface area contributed by atoms with Gasteiger partial charge in [0.25, 0.3) is 0 Å². The Labute approximate surface area is 166 Å².